The number of carbonyl (C=O) groups is 2. The van der Waals surface area contributed by atoms with Crippen molar-refractivity contribution in [3.8, 4) is 11.3 Å². The molecule has 2 aromatic rings. The minimum atomic E-state index is -5.08. The third kappa shape index (κ3) is 9.31. The lowest BCUT2D eigenvalue weighted by molar-refractivity contribution is -0.193. The maximum absolute atomic E-state index is 10.6. The Labute approximate surface area is 207 Å². The fourth-order valence-corrected chi connectivity index (χ4v) is 3.82. The lowest BCUT2D eigenvalue weighted by atomic mass is 10.0. The van der Waals surface area contributed by atoms with Gasteiger partial charge in [0, 0.05) is 50.3 Å². The minimum Gasteiger partial charge on any atom is -0.475 e. The van der Waals surface area contributed by atoms with Crippen molar-refractivity contribution in [2.24, 2.45) is 13.0 Å². The number of nitrogens with zero attached hydrogens (tertiary/aromatic N) is 4. The van der Waals surface area contributed by atoms with Crippen molar-refractivity contribution in [2.45, 2.75) is 38.2 Å². The number of fused-ring (bicyclic) bond motifs is 1. The van der Waals surface area contributed by atoms with Gasteiger partial charge in [0.2, 0.25) is 0 Å². The number of aryl methyl sites for hydroxylation is 1. The summed E-state index contributed by atoms with van der Waals surface area (Å²) in [5, 5.41) is 19.0. The molecule has 2 N–H and O–H groups in total. The zero-order valence-corrected chi connectivity index (χ0v) is 19.7. The molecule has 2 aliphatic heterocycles. The number of aliphatic carboxylic acids is 2. The zero-order valence-electron chi connectivity index (χ0n) is 19.7. The smallest absolute Gasteiger partial charge is 0.475 e. The van der Waals surface area contributed by atoms with E-state index in [-0.39, 0.29) is 0 Å². The standard InChI is InChI=1S/C18H24N4O.2C2HF3O2/c1-21-17-12-22(11-14-6-9-23-13-14)8-3-5-16(17)18(20-21)15-4-2-7-19-10-15;2*3-2(4,5)1(6)7/h2,4,7,10,14H,3,5-6,8-9,11-13H2,1H3;2*(H,6,7). The van der Waals surface area contributed by atoms with Crippen LogP contribution in [-0.2, 0) is 34.3 Å². The molecule has 15 heteroatoms. The Morgan fingerprint density at radius 3 is 2.24 bits per heavy atom. The summed E-state index contributed by atoms with van der Waals surface area (Å²) in [6, 6.07) is 4.09. The number of carboxylic acid groups (broad SMARTS) is 2. The predicted octanol–water partition coefficient (Wildman–Crippen LogP) is 3.53. The van der Waals surface area contributed by atoms with Crippen molar-refractivity contribution in [1.29, 1.82) is 0 Å². The lowest BCUT2D eigenvalue weighted by Crippen LogP contribution is -2.30. The summed E-state index contributed by atoms with van der Waals surface area (Å²) in [6.07, 6.45) is -2.93. The van der Waals surface area contributed by atoms with Crippen LogP contribution >= 0.6 is 0 Å². The molecule has 4 heterocycles. The Hall–Kier alpha value is -3.20. The third-order valence-electron chi connectivity index (χ3n) is 5.51. The molecule has 37 heavy (non-hydrogen) atoms. The molecule has 206 valence electrons. The molecule has 0 saturated carbocycles. The highest BCUT2D eigenvalue weighted by Gasteiger charge is 2.38. The van der Waals surface area contributed by atoms with Gasteiger partial charge in [-0.25, -0.2) is 9.59 Å². The summed E-state index contributed by atoms with van der Waals surface area (Å²) in [4.78, 5) is 24.6. The minimum absolute atomic E-state index is 0.697. The van der Waals surface area contributed by atoms with Crippen LogP contribution < -0.4 is 0 Å². The van der Waals surface area contributed by atoms with E-state index < -0.39 is 24.3 Å². The Morgan fingerprint density at radius 1 is 1.14 bits per heavy atom. The number of hydrogen-bond acceptors (Lipinski definition) is 6. The maximum Gasteiger partial charge on any atom is 0.490 e. The van der Waals surface area contributed by atoms with Crippen molar-refractivity contribution < 1.29 is 50.9 Å². The van der Waals surface area contributed by atoms with E-state index in [1.165, 1.54) is 24.1 Å². The first-order valence-corrected chi connectivity index (χ1v) is 11.1. The first kappa shape index (κ1) is 30.0. The van der Waals surface area contributed by atoms with Gasteiger partial charge < -0.3 is 14.9 Å². The van der Waals surface area contributed by atoms with Crippen molar-refractivity contribution in [1.82, 2.24) is 19.7 Å². The molecule has 1 atom stereocenters. The number of aromatic nitrogens is 3. The van der Waals surface area contributed by atoms with Crippen molar-refractivity contribution in [3.05, 3.63) is 35.8 Å². The molecule has 1 fully saturated rings. The molecule has 0 amide bonds. The first-order valence-electron chi connectivity index (χ1n) is 11.1. The SMILES string of the molecule is Cn1nc(-c2cccnc2)c2c1CN(CC1CCOC1)CCC2.O=C(O)C(F)(F)F.O=C(O)C(F)(F)F. The molecule has 2 aromatic heterocycles. The molecular formula is C22H26F6N4O5. The Bertz CT molecular complexity index is 1010. The molecular weight excluding hydrogens is 514 g/mol. The predicted molar refractivity (Wildman–Crippen MR) is 116 cm³/mol. The van der Waals surface area contributed by atoms with Gasteiger partial charge in [0.1, 0.15) is 0 Å². The summed E-state index contributed by atoms with van der Waals surface area (Å²) < 4.78 is 71.1. The quantitative estimate of drug-likeness (QED) is 0.568. The largest absolute Gasteiger partial charge is 0.490 e. The molecule has 1 saturated heterocycles. The number of hydrogen-bond donors (Lipinski definition) is 2. The maximum atomic E-state index is 10.6. The van der Waals surface area contributed by atoms with E-state index in [0.717, 1.165) is 50.5 Å². The summed E-state index contributed by atoms with van der Waals surface area (Å²) in [7, 11) is 2.07. The van der Waals surface area contributed by atoms with E-state index in [2.05, 4.69) is 27.7 Å². The van der Waals surface area contributed by atoms with Gasteiger partial charge in [0.25, 0.3) is 0 Å². The van der Waals surface area contributed by atoms with Crippen LogP contribution in [-0.4, -0.2) is 80.5 Å². The van der Waals surface area contributed by atoms with Crippen LogP contribution in [0.4, 0.5) is 26.3 Å². The molecule has 0 bridgehead atoms. The number of pyridine rings is 1. The highest BCUT2D eigenvalue weighted by Crippen LogP contribution is 2.29. The van der Waals surface area contributed by atoms with Gasteiger partial charge in [-0.2, -0.15) is 31.4 Å². The molecule has 0 aliphatic carbocycles. The Balaban J connectivity index is 0.000000286. The number of halogens is 6. The molecule has 0 aromatic carbocycles. The van der Waals surface area contributed by atoms with E-state index in [4.69, 9.17) is 29.6 Å². The molecule has 1 unspecified atom stereocenters. The van der Waals surface area contributed by atoms with Gasteiger partial charge in [-0.15, -0.1) is 0 Å². The number of ether oxygens (including phenoxy) is 1. The average Bonchev–Trinajstić information content (AvgIpc) is 3.36. The van der Waals surface area contributed by atoms with Crippen LogP contribution in [0.2, 0.25) is 0 Å². The van der Waals surface area contributed by atoms with E-state index in [0.29, 0.717) is 5.92 Å². The fourth-order valence-electron chi connectivity index (χ4n) is 3.82. The molecule has 0 radical (unpaired) electrons. The fraction of sp³-hybridized carbons (Fsp3) is 0.545. The third-order valence-corrected chi connectivity index (χ3v) is 5.51. The topological polar surface area (TPSA) is 118 Å². The van der Waals surface area contributed by atoms with Gasteiger partial charge in [0.15, 0.2) is 0 Å². The van der Waals surface area contributed by atoms with Crippen LogP contribution in [0.3, 0.4) is 0 Å². The van der Waals surface area contributed by atoms with Crippen LogP contribution in [0.25, 0.3) is 11.3 Å². The second-order valence-electron chi connectivity index (χ2n) is 8.31. The number of alkyl halides is 6. The van der Waals surface area contributed by atoms with Gasteiger partial charge in [-0.1, -0.05) is 0 Å². The van der Waals surface area contributed by atoms with Gasteiger partial charge in [0.05, 0.1) is 18.0 Å². The van der Waals surface area contributed by atoms with E-state index >= 15 is 0 Å². The summed E-state index contributed by atoms with van der Waals surface area (Å²) in [5.41, 5.74) is 5.01. The van der Waals surface area contributed by atoms with Gasteiger partial charge >= 0.3 is 24.3 Å². The second-order valence-corrected chi connectivity index (χ2v) is 8.31. The van der Waals surface area contributed by atoms with E-state index in [1.54, 1.807) is 0 Å². The Morgan fingerprint density at radius 2 is 1.76 bits per heavy atom. The highest BCUT2D eigenvalue weighted by atomic mass is 19.4. The molecule has 2 aliphatic rings. The molecule has 0 spiro atoms. The first-order chi connectivity index (χ1) is 17.2. The van der Waals surface area contributed by atoms with Crippen molar-refractivity contribution in [2.75, 3.05) is 26.3 Å². The average molecular weight is 540 g/mol. The van der Waals surface area contributed by atoms with Gasteiger partial charge in [-0.05, 0) is 43.9 Å². The van der Waals surface area contributed by atoms with E-state index in [1.807, 2.05) is 18.5 Å². The van der Waals surface area contributed by atoms with Gasteiger partial charge in [-0.3, -0.25) is 14.6 Å². The van der Waals surface area contributed by atoms with Crippen molar-refractivity contribution >= 4 is 11.9 Å². The molecule has 4 rings (SSSR count). The van der Waals surface area contributed by atoms with E-state index in [9.17, 15) is 26.3 Å². The number of rotatable bonds is 3. The van der Waals surface area contributed by atoms with Crippen LogP contribution in [0.15, 0.2) is 24.5 Å². The van der Waals surface area contributed by atoms with Crippen molar-refractivity contribution in [3.63, 3.8) is 0 Å². The van der Waals surface area contributed by atoms with Crippen LogP contribution in [0.5, 0.6) is 0 Å². The zero-order chi connectivity index (χ0) is 27.8. The van der Waals surface area contributed by atoms with Crippen LogP contribution in [0.1, 0.15) is 24.1 Å². The highest BCUT2D eigenvalue weighted by molar-refractivity contribution is 5.73. The summed E-state index contributed by atoms with van der Waals surface area (Å²) >= 11 is 0. The second kappa shape index (κ2) is 12.9. The lowest BCUT2D eigenvalue weighted by Gasteiger charge is -2.23. The molecule has 9 nitrogen and oxygen atoms in total. The summed E-state index contributed by atoms with van der Waals surface area (Å²) in [5.74, 6) is -4.82. The number of carboxylic acids is 2. The monoisotopic (exact) mass is 540 g/mol. The normalized spacial score (nSPS) is 18.0. The summed E-state index contributed by atoms with van der Waals surface area (Å²) in [6.45, 7) is 5.16. The Kier molecular flexibility index (Phi) is 10.4. The van der Waals surface area contributed by atoms with Crippen LogP contribution in [0, 0.1) is 5.92 Å².